The Balaban J connectivity index is 1.85. The molecular formula is C26H18O7. The summed E-state index contributed by atoms with van der Waals surface area (Å²) in [6.07, 6.45) is 2.56. The van der Waals surface area contributed by atoms with Crippen molar-refractivity contribution in [3.8, 4) is 39.5 Å². The van der Waals surface area contributed by atoms with Crippen molar-refractivity contribution >= 4 is 21.9 Å². The van der Waals surface area contributed by atoms with Crippen LogP contribution in [0.2, 0.25) is 0 Å². The standard InChI is InChI=1S/C26H18O7/c1-30-19-9-5-3-7-14(19)16-12-32-21-11-18(27)22-24(28)17(13-33-26(22)23(21)25(16)29)15-8-4-6-10-20(15)31-2/h3-13,27H,1-2H3. The van der Waals surface area contributed by atoms with Crippen LogP contribution in [0.1, 0.15) is 0 Å². The Morgan fingerprint density at radius 2 is 1.21 bits per heavy atom. The number of methoxy groups -OCH3 is 2. The van der Waals surface area contributed by atoms with E-state index in [1.54, 1.807) is 48.5 Å². The number of phenols is 1. The average Bonchev–Trinajstić information content (AvgIpc) is 2.84. The number of ether oxygens (including phenoxy) is 2. The van der Waals surface area contributed by atoms with E-state index in [2.05, 4.69) is 0 Å². The highest BCUT2D eigenvalue weighted by Crippen LogP contribution is 2.35. The number of rotatable bonds is 4. The topological polar surface area (TPSA) is 99.1 Å². The Bertz CT molecular complexity index is 1640. The zero-order valence-corrected chi connectivity index (χ0v) is 17.7. The molecule has 164 valence electrons. The number of phenolic OH excluding ortho intramolecular Hbond substituents is 1. The van der Waals surface area contributed by atoms with Gasteiger partial charge in [0.1, 0.15) is 46.1 Å². The summed E-state index contributed by atoms with van der Waals surface area (Å²) in [4.78, 5) is 26.9. The van der Waals surface area contributed by atoms with Crippen LogP contribution in [0.15, 0.2) is 85.5 Å². The molecule has 0 aliphatic rings. The summed E-state index contributed by atoms with van der Waals surface area (Å²) in [6.45, 7) is 0. The minimum atomic E-state index is -0.498. The van der Waals surface area contributed by atoms with Gasteiger partial charge in [-0.25, -0.2) is 0 Å². The van der Waals surface area contributed by atoms with Crippen molar-refractivity contribution in [2.75, 3.05) is 14.2 Å². The summed E-state index contributed by atoms with van der Waals surface area (Å²) < 4.78 is 22.2. The van der Waals surface area contributed by atoms with Crippen LogP contribution in [0, 0.1) is 0 Å². The van der Waals surface area contributed by atoms with Crippen LogP contribution in [0.5, 0.6) is 17.2 Å². The van der Waals surface area contributed by atoms with E-state index in [1.165, 1.54) is 32.8 Å². The number of hydrogen-bond acceptors (Lipinski definition) is 7. The second-order valence-corrected chi connectivity index (χ2v) is 7.33. The van der Waals surface area contributed by atoms with Crippen LogP contribution in [-0.2, 0) is 0 Å². The van der Waals surface area contributed by atoms with Crippen molar-refractivity contribution in [1.29, 1.82) is 0 Å². The number of fused-ring (bicyclic) bond motifs is 3. The summed E-state index contributed by atoms with van der Waals surface area (Å²) in [5.74, 6) is 0.616. The molecular weight excluding hydrogens is 424 g/mol. The molecule has 5 aromatic rings. The zero-order chi connectivity index (χ0) is 23.1. The van der Waals surface area contributed by atoms with Crippen LogP contribution >= 0.6 is 0 Å². The maximum atomic E-state index is 13.5. The Kier molecular flexibility index (Phi) is 4.86. The molecule has 2 aromatic heterocycles. The molecule has 1 N–H and O–H groups in total. The lowest BCUT2D eigenvalue weighted by Crippen LogP contribution is -2.10. The summed E-state index contributed by atoms with van der Waals surface area (Å²) >= 11 is 0. The van der Waals surface area contributed by atoms with Gasteiger partial charge in [0.2, 0.25) is 10.9 Å². The molecule has 0 unspecified atom stereocenters. The Morgan fingerprint density at radius 1 is 0.697 bits per heavy atom. The SMILES string of the molecule is COc1ccccc1-c1coc2c(c(O)cc3occ(-c4ccccc4OC)c(=O)c32)c1=O. The van der Waals surface area contributed by atoms with E-state index in [9.17, 15) is 14.7 Å². The summed E-state index contributed by atoms with van der Waals surface area (Å²) in [7, 11) is 3.00. The molecule has 0 spiro atoms. The molecule has 5 rings (SSSR count). The summed E-state index contributed by atoms with van der Waals surface area (Å²) in [5.41, 5.74) is 0.593. The van der Waals surface area contributed by atoms with Gasteiger partial charge in [-0.2, -0.15) is 0 Å². The first-order valence-corrected chi connectivity index (χ1v) is 10.0. The van der Waals surface area contributed by atoms with Gasteiger partial charge < -0.3 is 23.4 Å². The molecule has 0 amide bonds. The van der Waals surface area contributed by atoms with Crippen molar-refractivity contribution in [3.63, 3.8) is 0 Å². The Labute approximate surface area is 187 Å². The van der Waals surface area contributed by atoms with Crippen molar-refractivity contribution in [2.45, 2.75) is 0 Å². The van der Waals surface area contributed by atoms with Gasteiger partial charge in [-0.1, -0.05) is 36.4 Å². The highest BCUT2D eigenvalue weighted by molar-refractivity contribution is 6.06. The third-order valence-electron chi connectivity index (χ3n) is 5.56. The molecule has 0 bridgehead atoms. The van der Waals surface area contributed by atoms with Crippen LogP contribution in [-0.4, -0.2) is 19.3 Å². The minimum absolute atomic E-state index is 0.0508. The van der Waals surface area contributed by atoms with Gasteiger partial charge in [-0.3, -0.25) is 9.59 Å². The molecule has 0 fully saturated rings. The van der Waals surface area contributed by atoms with Gasteiger partial charge >= 0.3 is 0 Å². The maximum Gasteiger partial charge on any atom is 0.204 e. The van der Waals surface area contributed by atoms with Gasteiger partial charge in [0, 0.05) is 17.2 Å². The maximum absolute atomic E-state index is 13.5. The molecule has 0 saturated carbocycles. The third kappa shape index (κ3) is 3.13. The average molecular weight is 442 g/mol. The molecule has 0 aliphatic heterocycles. The van der Waals surface area contributed by atoms with E-state index in [0.29, 0.717) is 22.6 Å². The molecule has 7 heteroatoms. The molecule has 2 heterocycles. The Morgan fingerprint density at radius 3 is 1.79 bits per heavy atom. The molecule has 33 heavy (non-hydrogen) atoms. The summed E-state index contributed by atoms with van der Waals surface area (Å²) in [6, 6.07) is 15.2. The lowest BCUT2D eigenvalue weighted by atomic mass is 10.0. The van der Waals surface area contributed by atoms with Crippen LogP contribution in [0.3, 0.4) is 0 Å². The van der Waals surface area contributed by atoms with Gasteiger partial charge in [-0.05, 0) is 12.1 Å². The molecule has 0 atom stereocenters. The van der Waals surface area contributed by atoms with Crippen molar-refractivity contribution < 1.29 is 23.4 Å². The van der Waals surface area contributed by atoms with Gasteiger partial charge in [0.05, 0.1) is 25.3 Å². The molecule has 7 nitrogen and oxygen atoms in total. The fraction of sp³-hybridized carbons (Fsp3) is 0.0769. The van der Waals surface area contributed by atoms with E-state index in [-0.39, 0.29) is 38.8 Å². The van der Waals surface area contributed by atoms with Gasteiger partial charge in [0.25, 0.3) is 0 Å². The predicted octanol–water partition coefficient (Wildman–Crippen LogP) is 4.96. The highest BCUT2D eigenvalue weighted by atomic mass is 16.5. The first-order valence-electron chi connectivity index (χ1n) is 10.0. The first-order chi connectivity index (χ1) is 16.0. The van der Waals surface area contributed by atoms with Crippen molar-refractivity contribution in [1.82, 2.24) is 0 Å². The number of para-hydroxylation sites is 2. The smallest absolute Gasteiger partial charge is 0.204 e. The van der Waals surface area contributed by atoms with Crippen LogP contribution in [0.25, 0.3) is 44.2 Å². The monoisotopic (exact) mass is 442 g/mol. The fourth-order valence-corrected chi connectivity index (χ4v) is 3.99. The van der Waals surface area contributed by atoms with Crippen LogP contribution < -0.4 is 20.3 Å². The molecule has 0 radical (unpaired) electrons. The van der Waals surface area contributed by atoms with Gasteiger partial charge in [-0.15, -0.1) is 0 Å². The third-order valence-corrected chi connectivity index (χ3v) is 5.56. The number of aromatic hydroxyl groups is 1. The number of hydrogen-bond donors (Lipinski definition) is 1. The Hall–Kier alpha value is -4.52. The van der Waals surface area contributed by atoms with E-state index in [1.807, 2.05) is 0 Å². The lowest BCUT2D eigenvalue weighted by Gasteiger charge is -2.11. The first kappa shape index (κ1) is 20.4. The minimum Gasteiger partial charge on any atom is -0.507 e. The van der Waals surface area contributed by atoms with E-state index >= 15 is 0 Å². The van der Waals surface area contributed by atoms with E-state index in [0.717, 1.165) is 0 Å². The molecule has 0 aliphatic carbocycles. The van der Waals surface area contributed by atoms with Crippen LogP contribution in [0.4, 0.5) is 0 Å². The van der Waals surface area contributed by atoms with E-state index in [4.69, 9.17) is 18.3 Å². The molecule has 3 aromatic carbocycles. The quantitative estimate of drug-likeness (QED) is 0.393. The number of benzene rings is 3. The van der Waals surface area contributed by atoms with Crippen molar-refractivity contribution in [2.24, 2.45) is 0 Å². The summed E-state index contributed by atoms with van der Waals surface area (Å²) in [5, 5.41) is 10.6. The predicted molar refractivity (Wildman–Crippen MR) is 124 cm³/mol. The second kappa shape index (κ2) is 7.87. The van der Waals surface area contributed by atoms with Crippen molar-refractivity contribution in [3.05, 3.63) is 87.6 Å². The largest absolute Gasteiger partial charge is 0.507 e. The molecule has 0 saturated heterocycles. The lowest BCUT2D eigenvalue weighted by molar-refractivity contribution is 0.416. The van der Waals surface area contributed by atoms with Gasteiger partial charge in [0.15, 0.2) is 5.58 Å². The highest BCUT2D eigenvalue weighted by Gasteiger charge is 2.22. The zero-order valence-electron chi connectivity index (χ0n) is 17.7. The normalized spacial score (nSPS) is 11.1. The van der Waals surface area contributed by atoms with E-state index < -0.39 is 10.9 Å². The second-order valence-electron chi connectivity index (χ2n) is 7.33. The fourth-order valence-electron chi connectivity index (χ4n) is 3.99.